The predicted octanol–water partition coefficient (Wildman–Crippen LogP) is 2.17. The van der Waals surface area contributed by atoms with E-state index >= 15 is 0 Å². The van der Waals surface area contributed by atoms with E-state index in [1.54, 1.807) is 0 Å². The Bertz CT molecular complexity index is 216. The van der Waals surface area contributed by atoms with Crippen molar-refractivity contribution in [2.75, 3.05) is 13.1 Å². The Morgan fingerprint density at radius 1 is 1.25 bits per heavy atom. The summed E-state index contributed by atoms with van der Waals surface area (Å²) >= 11 is 0. The number of carbonyl (C=O) groups excluding carboxylic acids is 1. The van der Waals surface area contributed by atoms with Crippen molar-refractivity contribution in [3.8, 4) is 0 Å². The number of nitrogens with one attached hydrogen (secondary N) is 2. The molecule has 3 heteroatoms. The Kier molecular flexibility index (Phi) is 6.65. The highest BCUT2D eigenvalue weighted by Crippen LogP contribution is 2.17. The highest BCUT2D eigenvalue weighted by atomic mass is 16.2. The average Bonchev–Trinajstić information content (AvgIpc) is 2.25. The van der Waals surface area contributed by atoms with Crippen molar-refractivity contribution >= 4 is 5.91 Å². The first-order valence-corrected chi connectivity index (χ1v) is 6.41. The quantitative estimate of drug-likeness (QED) is 0.701. The first-order chi connectivity index (χ1) is 7.38. The largest absolute Gasteiger partial charge is 0.355 e. The van der Waals surface area contributed by atoms with Gasteiger partial charge >= 0.3 is 0 Å². The van der Waals surface area contributed by atoms with Crippen molar-refractivity contribution in [1.29, 1.82) is 0 Å². The highest BCUT2D eigenvalue weighted by molar-refractivity contribution is 5.86. The second-order valence-corrected chi connectivity index (χ2v) is 5.11. The lowest BCUT2D eigenvalue weighted by Gasteiger charge is -2.34. The van der Waals surface area contributed by atoms with Crippen LogP contribution in [0, 0.1) is 11.8 Å². The molecule has 0 fully saturated rings. The number of carbonyl (C=O) groups is 1. The van der Waals surface area contributed by atoms with Crippen LogP contribution in [0.4, 0.5) is 0 Å². The average molecular weight is 228 g/mol. The summed E-state index contributed by atoms with van der Waals surface area (Å²) in [4.78, 5) is 12.0. The Hall–Kier alpha value is -0.570. The van der Waals surface area contributed by atoms with E-state index in [2.05, 4.69) is 38.3 Å². The van der Waals surface area contributed by atoms with E-state index in [4.69, 9.17) is 0 Å². The van der Waals surface area contributed by atoms with Crippen LogP contribution in [0.2, 0.25) is 0 Å². The molecule has 2 N–H and O–H groups in total. The molecule has 0 saturated heterocycles. The number of likely N-dealkylation sites (N-methyl/N-ethyl adjacent to an activating group) is 1. The Labute approximate surface area is 100 Å². The summed E-state index contributed by atoms with van der Waals surface area (Å²) in [6, 6.07) is 0. The molecule has 16 heavy (non-hydrogen) atoms. The van der Waals surface area contributed by atoms with Crippen molar-refractivity contribution < 1.29 is 4.79 Å². The second-order valence-electron chi connectivity index (χ2n) is 5.11. The van der Waals surface area contributed by atoms with Gasteiger partial charge in [0.2, 0.25) is 5.91 Å². The maximum atomic E-state index is 12.0. The van der Waals surface area contributed by atoms with Gasteiger partial charge in [-0.3, -0.25) is 4.79 Å². The second kappa shape index (κ2) is 6.89. The van der Waals surface area contributed by atoms with Gasteiger partial charge in [-0.25, -0.2) is 0 Å². The van der Waals surface area contributed by atoms with Gasteiger partial charge in [0.15, 0.2) is 0 Å². The highest BCUT2D eigenvalue weighted by Gasteiger charge is 2.35. The zero-order valence-electron chi connectivity index (χ0n) is 11.7. The molecule has 3 nitrogen and oxygen atoms in total. The predicted molar refractivity (Wildman–Crippen MR) is 69.4 cm³/mol. The van der Waals surface area contributed by atoms with Crippen LogP contribution in [-0.4, -0.2) is 24.5 Å². The van der Waals surface area contributed by atoms with Gasteiger partial charge < -0.3 is 10.6 Å². The van der Waals surface area contributed by atoms with Crippen LogP contribution >= 0.6 is 0 Å². The molecule has 0 saturated carbocycles. The third-order valence-electron chi connectivity index (χ3n) is 3.48. The zero-order valence-corrected chi connectivity index (χ0v) is 11.7. The minimum absolute atomic E-state index is 0.105. The van der Waals surface area contributed by atoms with Crippen LogP contribution in [0.1, 0.15) is 48.0 Å². The summed E-state index contributed by atoms with van der Waals surface area (Å²) in [5.41, 5.74) is -0.459. The van der Waals surface area contributed by atoms with Crippen LogP contribution in [0.3, 0.4) is 0 Å². The molecule has 2 unspecified atom stereocenters. The molecule has 0 aliphatic heterocycles. The first-order valence-electron chi connectivity index (χ1n) is 6.41. The summed E-state index contributed by atoms with van der Waals surface area (Å²) < 4.78 is 0. The molecule has 0 aromatic carbocycles. The van der Waals surface area contributed by atoms with E-state index < -0.39 is 5.54 Å². The number of hydrogen-bond acceptors (Lipinski definition) is 2. The van der Waals surface area contributed by atoms with Crippen molar-refractivity contribution in [3.63, 3.8) is 0 Å². The smallest absolute Gasteiger partial charge is 0.240 e. The molecule has 96 valence electrons. The number of rotatable bonds is 7. The molecule has 0 aliphatic rings. The summed E-state index contributed by atoms with van der Waals surface area (Å²) in [7, 11) is 0. The van der Waals surface area contributed by atoms with Crippen molar-refractivity contribution in [3.05, 3.63) is 0 Å². The third-order valence-corrected chi connectivity index (χ3v) is 3.48. The number of amides is 1. The standard InChI is InChI=1S/C13H28N2O/c1-7-11(5)9-15-13(6,10(3)4)12(16)14-8-2/h10-11,15H,7-9H2,1-6H3,(H,14,16). The molecule has 0 aromatic heterocycles. The maximum absolute atomic E-state index is 12.0. The Morgan fingerprint density at radius 2 is 1.81 bits per heavy atom. The van der Waals surface area contributed by atoms with Crippen LogP contribution in [0.25, 0.3) is 0 Å². The molecular formula is C13H28N2O. The fraction of sp³-hybridized carbons (Fsp3) is 0.923. The van der Waals surface area contributed by atoms with Gasteiger partial charge in [0.05, 0.1) is 5.54 Å². The molecule has 1 amide bonds. The lowest BCUT2D eigenvalue weighted by atomic mass is 9.86. The molecular weight excluding hydrogens is 200 g/mol. The van der Waals surface area contributed by atoms with Crippen LogP contribution < -0.4 is 10.6 Å². The van der Waals surface area contributed by atoms with E-state index in [0.717, 1.165) is 13.0 Å². The Morgan fingerprint density at radius 3 is 2.19 bits per heavy atom. The van der Waals surface area contributed by atoms with Gasteiger partial charge in [-0.1, -0.05) is 34.1 Å². The molecule has 0 spiro atoms. The van der Waals surface area contributed by atoms with Gasteiger partial charge in [0, 0.05) is 6.54 Å². The first kappa shape index (κ1) is 15.4. The summed E-state index contributed by atoms with van der Waals surface area (Å²) in [5, 5.41) is 6.33. The Balaban J connectivity index is 4.51. The van der Waals surface area contributed by atoms with Gasteiger partial charge in [-0.15, -0.1) is 0 Å². The topological polar surface area (TPSA) is 41.1 Å². The minimum atomic E-state index is -0.459. The van der Waals surface area contributed by atoms with Gasteiger partial charge in [-0.2, -0.15) is 0 Å². The van der Waals surface area contributed by atoms with Crippen LogP contribution in [-0.2, 0) is 4.79 Å². The summed E-state index contributed by atoms with van der Waals surface area (Å²) in [6.45, 7) is 14.1. The van der Waals surface area contributed by atoms with E-state index in [1.807, 2.05) is 13.8 Å². The molecule has 0 heterocycles. The molecule has 0 aliphatic carbocycles. The number of hydrogen-bond donors (Lipinski definition) is 2. The van der Waals surface area contributed by atoms with E-state index in [9.17, 15) is 4.79 Å². The molecule has 0 rings (SSSR count). The maximum Gasteiger partial charge on any atom is 0.240 e. The van der Waals surface area contributed by atoms with Gasteiger partial charge in [0.1, 0.15) is 0 Å². The van der Waals surface area contributed by atoms with Gasteiger partial charge in [-0.05, 0) is 32.2 Å². The van der Waals surface area contributed by atoms with Crippen LogP contribution in [0.15, 0.2) is 0 Å². The van der Waals surface area contributed by atoms with Crippen LogP contribution in [0.5, 0.6) is 0 Å². The van der Waals surface area contributed by atoms with E-state index in [0.29, 0.717) is 12.5 Å². The summed E-state index contributed by atoms with van der Waals surface area (Å²) in [6.07, 6.45) is 1.14. The molecule has 0 aromatic rings. The fourth-order valence-corrected chi connectivity index (χ4v) is 1.42. The van der Waals surface area contributed by atoms with E-state index in [1.165, 1.54) is 0 Å². The SMILES string of the molecule is CCNC(=O)C(C)(NCC(C)CC)C(C)C. The van der Waals surface area contributed by atoms with Crippen molar-refractivity contribution in [2.45, 2.75) is 53.5 Å². The minimum Gasteiger partial charge on any atom is -0.355 e. The molecule has 2 atom stereocenters. The van der Waals surface area contributed by atoms with Gasteiger partial charge in [0.25, 0.3) is 0 Å². The van der Waals surface area contributed by atoms with E-state index in [-0.39, 0.29) is 11.8 Å². The zero-order chi connectivity index (χ0) is 12.8. The lowest BCUT2D eigenvalue weighted by Crippen LogP contribution is -2.59. The molecule has 0 radical (unpaired) electrons. The summed E-state index contributed by atoms with van der Waals surface area (Å²) in [5.74, 6) is 0.990. The molecule has 0 bridgehead atoms. The monoisotopic (exact) mass is 228 g/mol. The fourth-order valence-electron chi connectivity index (χ4n) is 1.42. The van der Waals surface area contributed by atoms with Crippen molar-refractivity contribution in [2.24, 2.45) is 11.8 Å². The lowest BCUT2D eigenvalue weighted by molar-refractivity contribution is -0.128. The van der Waals surface area contributed by atoms with Crippen molar-refractivity contribution in [1.82, 2.24) is 10.6 Å². The third kappa shape index (κ3) is 4.12. The normalized spacial score (nSPS) is 16.9.